The number of amides is 2. The highest BCUT2D eigenvalue weighted by Crippen LogP contribution is 2.33. The molecule has 0 spiro atoms. The molecule has 1 aliphatic heterocycles. The number of rotatable bonds is 4. The lowest BCUT2D eigenvalue weighted by atomic mass is 9.95. The third-order valence-corrected chi connectivity index (χ3v) is 6.12. The summed E-state index contributed by atoms with van der Waals surface area (Å²) in [7, 11) is 0. The van der Waals surface area contributed by atoms with Crippen LogP contribution in [0.3, 0.4) is 0 Å². The lowest BCUT2D eigenvalue weighted by molar-refractivity contribution is -0.115. The second-order valence-corrected chi connectivity index (χ2v) is 8.21. The molecule has 1 aromatic carbocycles. The van der Waals surface area contributed by atoms with Crippen LogP contribution >= 0.6 is 0 Å². The number of anilines is 2. The zero-order valence-corrected chi connectivity index (χ0v) is 17.4. The van der Waals surface area contributed by atoms with Gasteiger partial charge in [0.05, 0.1) is 6.42 Å². The fraction of sp³-hybridized carbons (Fsp3) is 0.375. The first-order valence-electron chi connectivity index (χ1n) is 10.5. The first-order valence-corrected chi connectivity index (χ1v) is 10.5. The Hall–Kier alpha value is -3.33. The summed E-state index contributed by atoms with van der Waals surface area (Å²) < 4.78 is 2.36. The number of aromatic nitrogens is 1. The van der Waals surface area contributed by atoms with Crippen molar-refractivity contribution in [1.29, 1.82) is 5.26 Å². The van der Waals surface area contributed by atoms with Gasteiger partial charge >= 0.3 is 0 Å². The van der Waals surface area contributed by atoms with Crippen LogP contribution in [0.15, 0.2) is 29.8 Å². The van der Waals surface area contributed by atoms with Crippen LogP contribution in [0.4, 0.5) is 11.4 Å². The lowest BCUT2D eigenvalue weighted by Gasteiger charge is -2.26. The average Bonchev–Trinajstić information content (AvgIpc) is 3.24. The van der Waals surface area contributed by atoms with Crippen LogP contribution in [0.1, 0.15) is 60.7 Å². The van der Waals surface area contributed by atoms with Crippen LogP contribution in [0, 0.1) is 25.2 Å². The smallest absolute Gasteiger partial charge is 0.266 e. The molecule has 2 aliphatic rings. The Morgan fingerprint density at radius 3 is 2.73 bits per heavy atom. The highest BCUT2D eigenvalue weighted by molar-refractivity contribution is 6.10. The molecule has 2 N–H and O–H groups in total. The Bertz CT molecular complexity index is 1080. The number of hydrogen-bond acceptors (Lipinski definition) is 3. The minimum absolute atomic E-state index is 0.0561. The minimum Gasteiger partial charge on any atom is -0.346 e. The van der Waals surface area contributed by atoms with Crippen LogP contribution in [0.5, 0.6) is 0 Å². The van der Waals surface area contributed by atoms with Gasteiger partial charge in [0.2, 0.25) is 5.91 Å². The number of fused-ring (bicyclic) bond motifs is 1. The Morgan fingerprint density at radius 2 is 2.00 bits per heavy atom. The topological polar surface area (TPSA) is 86.9 Å². The van der Waals surface area contributed by atoms with E-state index in [0.717, 1.165) is 22.5 Å². The van der Waals surface area contributed by atoms with Gasteiger partial charge in [0.25, 0.3) is 5.91 Å². The van der Waals surface area contributed by atoms with Crippen LogP contribution in [-0.2, 0) is 16.0 Å². The van der Waals surface area contributed by atoms with Crippen molar-refractivity contribution in [3.8, 4) is 6.07 Å². The second-order valence-electron chi connectivity index (χ2n) is 8.21. The zero-order chi connectivity index (χ0) is 21.3. The lowest BCUT2D eigenvalue weighted by Crippen LogP contribution is -2.15. The summed E-state index contributed by atoms with van der Waals surface area (Å²) in [4.78, 5) is 24.2. The van der Waals surface area contributed by atoms with Gasteiger partial charge in [-0.3, -0.25) is 9.59 Å². The molecular weight excluding hydrogens is 376 g/mol. The van der Waals surface area contributed by atoms with Crippen LogP contribution < -0.4 is 10.6 Å². The normalized spacial score (nSPS) is 16.7. The summed E-state index contributed by atoms with van der Waals surface area (Å²) in [6, 6.07) is 9.87. The van der Waals surface area contributed by atoms with Gasteiger partial charge in [-0.2, -0.15) is 5.26 Å². The van der Waals surface area contributed by atoms with Gasteiger partial charge in [-0.25, -0.2) is 0 Å². The summed E-state index contributed by atoms with van der Waals surface area (Å²) in [6.45, 7) is 4.15. The van der Waals surface area contributed by atoms with Gasteiger partial charge in [0.15, 0.2) is 0 Å². The van der Waals surface area contributed by atoms with Crippen molar-refractivity contribution in [3.05, 3.63) is 52.4 Å². The predicted molar refractivity (Wildman–Crippen MR) is 117 cm³/mol. The van der Waals surface area contributed by atoms with E-state index >= 15 is 0 Å². The molecule has 0 saturated heterocycles. The average molecular weight is 402 g/mol. The van der Waals surface area contributed by atoms with Gasteiger partial charge in [-0.15, -0.1) is 0 Å². The molecule has 154 valence electrons. The van der Waals surface area contributed by atoms with Crippen LogP contribution in [0.25, 0.3) is 6.08 Å². The summed E-state index contributed by atoms with van der Waals surface area (Å²) in [5.74, 6) is -0.503. The van der Waals surface area contributed by atoms with E-state index in [4.69, 9.17) is 0 Å². The third kappa shape index (κ3) is 3.88. The molecule has 2 aromatic rings. The number of carbonyl (C=O) groups excluding carboxylic acids is 2. The molecule has 1 fully saturated rings. The molecule has 2 amide bonds. The SMILES string of the molecule is Cc1cc(/C=C(/C#N)C(=O)Nc2ccc3c(c2)CC(=O)N3)c(C)n1C1CCCCC1. The molecule has 1 aliphatic carbocycles. The van der Waals surface area contributed by atoms with Crippen LogP contribution in [-0.4, -0.2) is 16.4 Å². The monoisotopic (exact) mass is 402 g/mol. The molecule has 6 nitrogen and oxygen atoms in total. The second kappa shape index (κ2) is 8.19. The molecule has 0 bridgehead atoms. The molecule has 2 heterocycles. The van der Waals surface area contributed by atoms with E-state index in [1.54, 1.807) is 24.3 Å². The van der Waals surface area contributed by atoms with Crippen molar-refractivity contribution in [1.82, 2.24) is 4.57 Å². The first kappa shape index (κ1) is 20.0. The largest absolute Gasteiger partial charge is 0.346 e. The molecule has 6 heteroatoms. The minimum atomic E-state index is -0.447. The van der Waals surface area contributed by atoms with Gasteiger partial charge in [-0.05, 0) is 68.2 Å². The van der Waals surface area contributed by atoms with E-state index in [2.05, 4.69) is 35.1 Å². The highest BCUT2D eigenvalue weighted by Gasteiger charge is 2.21. The van der Waals surface area contributed by atoms with E-state index in [1.807, 2.05) is 6.07 Å². The molecule has 4 rings (SSSR count). The van der Waals surface area contributed by atoms with Crippen molar-refractivity contribution in [2.45, 2.75) is 58.4 Å². The molecular formula is C24H26N4O2. The number of hydrogen-bond donors (Lipinski definition) is 2. The van der Waals surface area contributed by atoms with E-state index < -0.39 is 5.91 Å². The number of nitriles is 1. The van der Waals surface area contributed by atoms with Gasteiger partial charge in [0, 0.05) is 28.8 Å². The van der Waals surface area contributed by atoms with E-state index in [1.165, 1.54) is 37.8 Å². The van der Waals surface area contributed by atoms with Crippen molar-refractivity contribution < 1.29 is 9.59 Å². The van der Waals surface area contributed by atoms with Gasteiger partial charge < -0.3 is 15.2 Å². The first-order chi connectivity index (χ1) is 14.5. The maximum absolute atomic E-state index is 12.7. The maximum Gasteiger partial charge on any atom is 0.266 e. The van der Waals surface area contributed by atoms with Crippen molar-refractivity contribution in [3.63, 3.8) is 0 Å². The van der Waals surface area contributed by atoms with E-state index in [9.17, 15) is 14.9 Å². The van der Waals surface area contributed by atoms with Gasteiger partial charge in [0.1, 0.15) is 11.6 Å². The number of carbonyl (C=O) groups is 2. The summed E-state index contributed by atoms with van der Waals surface area (Å²) >= 11 is 0. The van der Waals surface area contributed by atoms with Crippen LogP contribution in [0.2, 0.25) is 0 Å². The van der Waals surface area contributed by atoms with E-state index in [-0.39, 0.29) is 11.5 Å². The zero-order valence-electron chi connectivity index (χ0n) is 17.4. The summed E-state index contributed by atoms with van der Waals surface area (Å²) in [5, 5.41) is 15.2. The fourth-order valence-corrected chi connectivity index (χ4v) is 4.66. The standard InChI is InChI=1S/C24H26N4O2/c1-15-10-17(16(2)28(15)21-6-4-3-5-7-21)11-19(14-25)24(30)26-20-8-9-22-18(12-20)13-23(29)27-22/h8-12,21H,3-7,13H2,1-2H3,(H,26,30)(H,27,29)/b19-11-. The maximum atomic E-state index is 12.7. The third-order valence-electron chi connectivity index (χ3n) is 6.12. The summed E-state index contributed by atoms with van der Waals surface area (Å²) in [5.41, 5.74) is 5.42. The quantitative estimate of drug-likeness (QED) is 0.576. The fourth-order valence-electron chi connectivity index (χ4n) is 4.66. The summed E-state index contributed by atoms with van der Waals surface area (Å²) in [6.07, 6.45) is 8.14. The Kier molecular flexibility index (Phi) is 5.45. The Balaban J connectivity index is 1.55. The number of aryl methyl sites for hydroxylation is 1. The molecule has 0 radical (unpaired) electrons. The number of nitrogens with zero attached hydrogens (tertiary/aromatic N) is 2. The molecule has 30 heavy (non-hydrogen) atoms. The molecule has 0 atom stereocenters. The molecule has 1 aromatic heterocycles. The Morgan fingerprint density at radius 1 is 1.23 bits per heavy atom. The highest BCUT2D eigenvalue weighted by atomic mass is 16.2. The Labute approximate surface area is 176 Å². The van der Waals surface area contributed by atoms with Crippen molar-refractivity contribution in [2.75, 3.05) is 10.6 Å². The number of benzene rings is 1. The van der Waals surface area contributed by atoms with Gasteiger partial charge in [-0.1, -0.05) is 19.3 Å². The molecule has 0 unspecified atom stereocenters. The predicted octanol–water partition coefficient (Wildman–Crippen LogP) is 4.65. The van der Waals surface area contributed by atoms with Crippen molar-refractivity contribution >= 4 is 29.3 Å². The number of nitrogens with one attached hydrogen (secondary N) is 2. The van der Waals surface area contributed by atoms with E-state index in [0.29, 0.717) is 18.2 Å². The van der Waals surface area contributed by atoms with Crippen molar-refractivity contribution in [2.24, 2.45) is 0 Å². The molecule has 1 saturated carbocycles.